The Morgan fingerprint density at radius 1 is 1.36 bits per heavy atom. The fourth-order valence-corrected chi connectivity index (χ4v) is 4.88. The van der Waals surface area contributed by atoms with Gasteiger partial charge in [-0.3, -0.25) is 4.79 Å². The van der Waals surface area contributed by atoms with Gasteiger partial charge in [0.15, 0.2) is 0 Å². The standard InChI is InChI=1S/C22H29ClN2O2S/c1-3-25(22(26)20-9-10-21(23)28-20)16-18-7-5-12-24(15-18)13-11-17-6-4-8-19(14-17)27-2/h4,6,8-10,14,18H,3,5,7,11-13,15-16H2,1-2H3/t18-/m1/s1. The summed E-state index contributed by atoms with van der Waals surface area (Å²) in [5.74, 6) is 1.55. The third-order valence-electron chi connectivity index (χ3n) is 5.39. The molecule has 0 radical (unpaired) electrons. The highest BCUT2D eigenvalue weighted by Crippen LogP contribution is 2.24. The molecule has 1 aliphatic rings. The van der Waals surface area contributed by atoms with E-state index in [1.165, 1.54) is 29.7 Å². The van der Waals surface area contributed by atoms with Crippen LogP contribution in [0.3, 0.4) is 0 Å². The fraction of sp³-hybridized carbons (Fsp3) is 0.500. The summed E-state index contributed by atoms with van der Waals surface area (Å²) in [5, 5.41) is 0. The first-order valence-corrected chi connectivity index (χ1v) is 11.2. The van der Waals surface area contributed by atoms with Crippen molar-refractivity contribution < 1.29 is 9.53 Å². The van der Waals surface area contributed by atoms with Crippen molar-refractivity contribution >= 4 is 28.8 Å². The first-order valence-electron chi connectivity index (χ1n) is 9.99. The summed E-state index contributed by atoms with van der Waals surface area (Å²) >= 11 is 7.37. The lowest BCUT2D eigenvalue weighted by Gasteiger charge is -2.35. The molecule has 1 aliphatic heterocycles. The summed E-state index contributed by atoms with van der Waals surface area (Å²) in [5.41, 5.74) is 1.31. The van der Waals surface area contributed by atoms with Crippen molar-refractivity contribution in [3.8, 4) is 5.75 Å². The molecule has 0 spiro atoms. The Balaban J connectivity index is 1.52. The first kappa shape index (κ1) is 21.2. The number of ether oxygens (including phenoxy) is 1. The monoisotopic (exact) mass is 420 g/mol. The molecule has 1 aromatic carbocycles. The summed E-state index contributed by atoms with van der Waals surface area (Å²) in [6.45, 7) is 6.84. The van der Waals surface area contributed by atoms with Crippen molar-refractivity contribution in [3.63, 3.8) is 0 Å². The van der Waals surface area contributed by atoms with E-state index in [1.807, 2.05) is 17.0 Å². The molecule has 1 saturated heterocycles. The van der Waals surface area contributed by atoms with Gasteiger partial charge in [0, 0.05) is 26.2 Å². The van der Waals surface area contributed by atoms with Crippen LogP contribution in [0.15, 0.2) is 36.4 Å². The molecule has 1 atom stereocenters. The molecule has 2 aromatic rings. The molecule has 152 valence electrons. The van der Waals surface area contributed by atoms with E-state index >= 15 is 0 Å². The third-order valence-corrected chi connectivity index (χ3v) is 6.60. The second kappa shape index (κ2) is 10.3. The topological polar surface area (TPSA) is 32.8 Å². The van der Waals surface area contributed by atoms with Gasteiger partial charge in [-0.1, -0.05) is 23.7 Å². The molecule has 6 heteroatoms. The van der Waals surface area contributed by atoms with E-state index in [4.69, 9.17) is 16.3 Å². The van der Waals surface area contributed by atoms with Gasteiger partial charge in [-0.2, -0.15) is 0 Å². The number of nitrogens with zero attached hydrogens (tertiary/aromatic N) is 2. The minimum Gasteiger partial charge on any atom is -0.497 e. The first-order chi connectivity index (χ1) is 13.6. The Hall–Kier alpha value is -1.56. The average Bonchev–Trinajstić information content (AvgIpc) is 3.17. The quantitative estimate of drug-likeness (QED) is 0.613. The summed E-state index contributed by atoms with van der Waals surface area (Å²) in [7, 11) is 1.71. The molecule has 0 aliphatic carbocycles. The van der Waals surface area contributed by atoms with Crippen molar-refractivity contribution in [2.75, 3.05) is 39.8 Å². The molecule has 0 unspecified atom stereocenters. The van der Waals surface area contributed by atoms with Crippen LogP contribution < -0.4 is 4.74 Å². The van der Waals surface area contributed by atoms with Crippen LogP contribution in [0.1, 0.15) is 35.0 Å². The number of benzene rings is 1. The zero-order valence-corrected chi connectivity index (χ0v) is 18.3. The molecule has 3 rings (SSSR count). The Morgan fingerprint density at radius 3 is 2.93 bits per heavy atom. The fourth-order valence-electron chi connectivity index (χ4n) is 3.87. The van der Waals surface area contributed by atoms with Gasteiger partial charge < -0.3 is 14.5 Å². The highest BCUT2D eigenvalue weighted by molar-refractivity contribution is 7.17. The lowest BCUT2D eigenvalue weighted by atomic mass is 9.96. The van der Waals surface area contributed by atoms with Gasteiger partial charge >= 0.3 is 0 Å². The maximum absolute atomic E-state index is 12.8. The number of hydrogen-bond donors (Lipinski definition) is 0. The Morgan fingerprint density at radius 2 is 2.21 bits per heavy atom. The lowest BCUT2D eigenvalue weighted by Crippen LogP contribution is -2.43. The van der Waals surface area contributed by atoms with Crippen LogP contribution in [0.2, 0.25) is 4.34 Å². The van der Waals surface area contributed by atoms with Gasteiger partial charge in [-0.15, -0.1) is 11.3 Å². The van der Waals surface area contributed by atoms with Gasteiger partial charge in [-0.25, -0.2) is 0 Å². The molecule has 0 saturated carbocycles. The van der Waals surface area contributed by atoms with E-state index in [0.717, 1.165) is 49.8 Å². The number of carbonyl (C=O) groups excluding carboxylic acids is 1. The van der Waals surface area contributed by atoms with Gasteiger partial charge in [-0.05, 0) is 68.5 Å². The van der Waals surface area contributed by atoms with Crippen LogP contribution in [0.5, 0.6) is 5.75 Å². The summed E-state index contributed by atoms with van der Waals surface area (Å²) in [6.07, 6.45) is 3.40. The molecule has 1 amide bonds. The second-order valence-electron chi connectivity index (χ2n) is 7.36. The van der Waals surface area contributed by atoms with Gasteiger partial charge in [0.2, 0.25) is 0 Å². The molecule has 2 heterocycles. The molecule has 0 N–H and O–H groups in total. The maximum atomic E-state index is 12.8. The number of carbonyl (C=O) groups is 1. The van der Waals surface area contributed by atoms with E-state index in [2.05, 4.69) is 30.0 Å². The minimum absolute atomic E-state index is 0.105. The van der Waals surface area contributed by atoms with Crippen molar-refractivity contribution in [2.45, 2.75) is 26.2 Å². The molecular weight excluding hydrogens is 392 g/mol. The Kier molecular flexibility index (Phi) is 7.77. The van der Waals surface area contributed by atoms with Gasteiger partial charge in [0.05, 0.1) is 16.3 Å². The zero-order chi connectivity index (χ0) is 19.9. The molecule has 1 aromatic heterocycles. The number of rotatable bonds is 8. The number of amides is 1. The number of methoxy groups -OCH3 is 1. The Bertz CT molecular complexity index is 779. The highest BCUT2D eigenvalue weighted by atomic mass is 35.5. The number of thiophene rings is 1. The third kappa shape index (κ3) is 5.72. The van der Waals surface area contributed by atoms with Crippen LogP contribution in [0.4, 0.5) is 0 Å². The van der Waals surface area contributed by atoms with E-state index in [0.29, 0.717) is 10.3 Å². The van der Waals surface area contributed by atoms with Crippen LogP contribution in [0.25, 0.3) is 0 Å². The molecule has 28 heavy (non-hydrogen) atoms. The normalized spacial score (nSPS) is 17.5. The van der Waals surface area contributed by atoms with Crippen LogP contribution in [0, 0.1) is 5.92 Å². The number of hydrogen-bond acceptors (Lipinski definition) is 4. The van der Waals surface area contributed by atoms with Crippen LogP contribution in [-0.4, -0.2) is 55.5 Å². The highest BCUT2D eigenvalue weighted by Gasteiger charge is 2.24. The smallest absolute Gasteiger partial charge is 0.263 e. The van der Waals surface area contributed by atoms with Crippen molar-refractivity contribution in [3.05, 3.63) is 51.2 Å². The van der Waals surface area contributed by atoms with Crippen molar-refractivity contribution in [1.82, 2.24) is 9.80 Å². The second-order valence-corrected chi connectivity index (χ2v) is 9.07. The predicted octanol–water partition coefficient (Wildman–Crippen LogP) is 4.83. The zero-order valence-electron chi connectivity index (χ0n) is 16.7. The summed E-state index contributed by atoms with van der Waals surface area (Å²) < 4.78 is 5.99. The molecule has 0 bridgehead atoms. The van der Waals surface area contributed by atoms with E-state index in [9.17, 15) is 4.79 Å². The SMILES string of the molecule is CCN(C[C@@H]1CCCN(CCc2cccc(OC)c2)C1)C(=O)c1ccc(Cl)s1. The summed E-state index contributed by atoms with van der Waals surface area (Å²) in [6, 6.07) is 11.9. The average molecular weight is 421 g/mol. The molecular formula is C22H29ClN2O2S. The number of likely N-dealkylation sites (tertiary alicyclic amines) is 1. The van der Waals surface area contributed by atoms with E-state index in [-0.39, 0.29) is 5.91 Å². The van der Waals surface area contributed by atoms with E-state index < -0.39 is 0 Å². The molecule has 4 nitrogen and oxygen atoms in total. The lowest BCUT2D eigenvalue weighted by molar-refractivity contribution is 0.0695. The van der Waals surface area contributed by atoms with E-state index in [1.54, 1.807) is 13.2 Å². The number of halogens is 1. The van der Waals surface area contributed by atoms with Crippen LogP contribution >= 0.6 is 22.9 Å². The maximum Gasteiger partial charge on any atom is 0.263 e. The Labute approximate surface area is 177 Å². The molecule has 1 fully saturated rings. The minimum atomic E-state index is 0.105. The number of piperidine rings is 1. The van der Waals surface area contributed by atoms with Crippen LogP contribution in [-0.2, 0) is 6.42 Å². The van der Waals surface area contributed by atoms with Crippen molar-refractivity contribution in [1.29, 1.82) is 0 Å². The largest absolute Gasteiger partial charge is 0.497 e. The predicted molar refractivity (Wildman–Crippen MR) is 117 cm³/mol. The summed E-state index contributed by atoms with van der Waals surface area (Å²) in [4.78, 5) is 18.0. The van der Waals surface area contributed by atoms with Crippen molar-refractivity contribution in [2.24, 2.45) is 5.92 Å². The van der Waals surface area contributed by atoms with Gasteiger partial charge in [0.1, 0.15) is 5.75 Å². The van der Waals surface area contributed by atoms with Gasteiger partial charge in [0.25, 0.3) is 5.91 Å².